The Morgan fingerprint density at radius 1 is 1.12 bits per heavy atom. The van der Waals surface area contributed by atoms with Gasteiger partial charge in [-0.25, -0.2) is 4.68 Å². The van der Waals surface area contributed by atoms with Gasteiger partial charge in [0.1, 0.15) is 12.3 Å². The number of nitrogens with one attached hydrogen (secondary N) is 1. The van der Waals surface area contributed by atoms with E-state index in [0.29, 0.717) is 21.5 Å². The Labute approximate surface area is 147 Å². The molecule has 9 heteroatoms. The number of nitrogens with zero attached hydrogens (tertiary/aromatic N) is 4. The largest absolute Gasteiger partial charge is 0.471 e. The highest BCUT2D eigenvalue weighted by Gasteiger charge is 2.07. The summed E-state index contributed by atoms with van der Waals surface area (Å²) in [6, 6.07) is 7.08. The van der Waals surface area contributed by atoms with Crippen LogP contribution in [0.1, 0.15) is 0 Å². The standard InChI is InChI=1S/C15H13Cl2N5O2/c16-11-2-1-3-14(4-11)24-10-22-8-13(6-19-22)20-15(23)9-21-7-12(17)5-18-21/h1-8H,9-10H2,(H,20,23). The van der Waals surface area contributed by atoms with Gasteiger partial charge in [-0.2, -0.15) is 10.2 Å². The van der Waals surface area contributed by atoms with Crippen LogP contribution in [0.4, 0.5) is 5.69 Å². The van der Waals surface area contributed by atoms with Crippen LogP contribution in [0.25, 0.3) is 0 Å². The first-order valence-corrected chi connectivity index (χ1v) is 7.73. The Kier molecular flexibility index (Phi) is 5.02. The van der Waals surface area contributed by atoms with E-state index in [4.69, 9.17) is 27.9 Å². The highest BCUT2D eigenvalue weighted by atomic mass is 35.5. The molecule has 0 spiro atoms. The minimum atomic E-state index is -0.231. The van der Waals surface area contributed by atoms with Gasteiger partial charge in [-0.15, -0.1) is 0 Å². The molecule has 2 aromatic heterocycles. The summed E-state index contributed by atoms with van der Waals surface area (Å²) in [7, 11) is 0. The first kappa shape index (κ1) is 16.4. The van der Waals surface area contributed by atoms with Crippen molar-refractivity contribution in [2.75, 3.05) is 5.32 Å². The van der Waals surface area contributed by atoms with Crippen molar-refractivity contribution in [3.05, 3.63) is 59.1 Å². The van der Waals surface area contributed by atoms with Crippen LogP contribution in [-0.2, 0) is 18.1 Å². The fourth-order valence-corrected chi connectivity index (χ4v) is 2.31. The summed E-state index contributed by atoms with van der Waals surface area (Å²) in [5.41, 5.74) is 0.563. The Morgan fingerprint density at radius 2 is 1.96 bits per heavy atom. The molecule has 3 aromatic rings. The van der Waals surface area contributed by atoms with Gasteiger partial charge < -0.3 is 10.1 Å². The maximum Gasteiger partial charge on any atom is 0.246 e. The summed E-state index contributed by atoms with van der Waals surface area (Å²) < 4.78 is 8.57. The zero-order valence-corrected chi connectivity index (χ0v) is 13.9. The quantitative estimate of drug-likeness (QED) is 0.728. The van der Waals surface area contributed by atoms with E-state index in [2.05, 4.69) is 15.5 Å². The van der Waals surface area contributed by atoms with Crippen LogP contribution in [0, 0.1) is 0 Å². The summed E-state index contributed by atoms with van der Waals surface area (Å²) in [4.78, 5) is 11.9. The van der Waals surface area contributed by atoms with Gasteiger partial charge in [-0.3, -0.25) is 9.48 Å². The Balaban J connectivity index is 1.52. The third-order valence-electron chi connectivity index (χ3n) is 2.98. The number of ether oxygens (including phenoxy) is 1. The number of carbonyl (C=O) groups is 1. The molecule has 3 rings (SSSR count). The van der Waals surface area contributed by atoms with Crippen LogP contribution in [0.3, 0.4) is 0 Å². The topological polar surface area (TPSA) is 74.0 Å². The number of aromatic nitrogens is 4. The lowest BCUT2D eigenvalue weighted by atomic mass is 10.3. The second kappa shape index (κ2) is 7.37. The molecule has 24 heavy (non-hydrogen) atoms. The van der Waals surface area contributed by atoms with Gasteiger partial charge in [0.05, 0.1) is 29.3 Å². The number of carbonyl (C=O) groups excluding carboxylic acids is 1. The molecule has 0 bridgehead atoms. The minimum absolute atomic E-state index is 0.0664. The van der Waals surface area contributed by atoms with Gasteiger partial charge >= 0.3 is 0 Å². The first-order chi connectivity index (χ1) is 11.6. The van der Waals surface area contributed by atoms with E-state index in [-0.39, 0.29) is 19.2 Å². The fourth-order valence-electron chi connectivity index (χ4n) is 1.97. The number of anilines is 1. The Bertz CT molecular complexity index is 846. The normalized spacial score (nSPS) is 10.6. The third-order valence-corrected chi connectivity index (χ3v) is 3.41. The summed E-state index contributed by atoms with van der Waals surface area (Å²) in [5, 5.41) is 11.9. The van der Waals surface area contributed by atoms with Crippen LogP contribution in [0.5, 0.6) is 5.75 Å². The molecule has 0 atom stereocenters. The molecule has 1 amide bonds. The Morgan fingerprint density at radius 3 is 2.71 bits per heavy atom. The number of amides is 1. The minimum Gasteiger partial charge on any atom is -0.471 e. The van der Waals surface area contributed by atoms with Crippen LogP contribution in [0.15, 0.2) is 49.1 Å². The third kappa shape index (κ3) is 4.50. The van der Waals surface area contributed by atoms with Crippen molar-refractivity contribution in [1.29, 1.82) is 0 Å². The van der Waals surface area contributed by atoms with Crippen LogP contribution in [-0.4, -0.2) is 25.5 Å². The molecule has 2 heterocycles. The SMILES string of the molecule is O=C(Cn1cc(Cl)cn1)Nc1cnn(COc2cccc(Cl)c2)c1. The number of halogens is 2. The van der Waals surface area contributed by atoms with E-state index < -0.39 is 0 Å². The summed E-state index contributed by atoms with van der Waals surface area (Å²) in [5.74, 6) is 0.407. The van der Waals surface area contributed by atoms with Gasteiger partial charge in [0.2, 0.25) is 5.91 Å². The highest BCUT2D eigenvalue weighted by Crippen LogP contribution is 2.17. The fraction of sp³-hybridized carbons (Fsp3) is 0.133. The predicted octanol–water partition coefficient (Wildman–Crippen LogP) is 3.06. The molecule has 0 aliphatic rings. The molecule has 0 aliphatic heterocycles. The molecular formula is C15H13Cl2N5O2. The maximum absolute atomic E-state index is 11.9. The lowest BCUT2D eigenvalue weighted by Gasteiger charge is -2.06. The average Bonchev–Trinajstić information content (AvgIpc) is 3.14. The lowest BCUT2D eigenvalue weighted by Crippen LogP contribution is -2.18. The molecule has 0 saturated heterocycles. The number of rotatable bonds is 6. The maximum atomic E-state index is 11.9. The monoisotopic (exact) mass is 365 g/mol. The van der Waals surface area contributed by atoms with Crippen LogP contribution >= 0.6 is 23.2 Å². The van der Waals surface area contributed by atoms with E-state index in [9.17, 15) is 4.79 Å². The molecule has 124 valence electrons. The summed E-state index contributed by atoms with van der Waals surface area (Å²) >= 11 is 11.6. The summed E-state index contributed by atoms with van der Waals surface area (Å²) in [6.07, 6.45) is 6.25. The first-order valence-electron chi connectivity index (χ1n) is 6.97. The molecule has 7 nitrogen and oxygen atoms in total. The van der Waals surface area contributed by atoms with Gasteiger partial charge in [0.25, 0.3) is 0 Å². The van der Waals surface area contributed by atoms with E-state index >= 15 is 0 Å². The molecule has 0 unspecified atom stereocenters. The molecule has 0 radical (unpaired) electrons. The highest BCUT2D eigenvalue weighted by molar-refractivity contribution is 6.30. The van der Waals surface area contributed by atoms with Crippen molar-refractivity contribution in [2.45, 2.75) is 13.3 Å². The lowest BCUT2D eigenvalue weighted by molar-refractivity contribution is -0.116. The van der Waals surface area contributed by atoms with E-state index in [1.807, 2.05) is 0 Å². The van der Waals surface area contributed by atoms with Crippen molar-refractivity contribution < 1.29 is 9.53 Å². The van der Waals surface area contributed by atoms with Gasteiger partial charge in [0, 0.05) is 11.2 Å². The number of hydrogen-bond donors (Lipinski definition) is 1. The van der Waals surface area contributed by atoms with Crippen molar-refractivity contribution in [3.63, 3.8) is 0 Å². The summed E-state index contributed by atoms with van der Waals surface area (Å²) in [6.45, 7) is 0.266. The predicted molar refractivity (Wildman–Crippen MR) is 90.2 cm³/mol. The molecule has 0 saturated carbocycles. The molecule has 0 fully saturated rings. The van der Waals surface area contributed by atoms with Crippen LogP contribution < -0.4 is 10.1 Å². The second-order valence-electron chi connectivity index (χ2n) is 4.90. The second-order valence-corrected chi connectivity index (χ2v) is 5.78. The van der Waals surface area contributed by atoms with Crippen LogP contribution in [0.2, 0.25) is 10.0 Å². The smallest absolute Gasteiger partial charge is 0.246 e. The van der Waals surface area contributed by atoms with Crippen molar-refractivity contribution in [2.24, 2.45) is 0 Å². The van der Waals surface area contributed by atoms with E-state index in [1.54, 1.807) is 41.3 Å². The Hall–Kier alpha value is -2.51. The van der Waals surface area contributed by atoms with Gasteiger partial charge in [0.15, 0.2) is 6.73 Å². The number of benzene rings is 1. The van der Waals surface area contributed by atoms with E-state index in [0.717, 1.165) is 0 Å². The zero-order chi connectivity index (χ0) is 16.9. The molecule has 1 aromatic carbocycles. The zero-order valence-electron chi connectivity index (χ0n) is 12.4. The van der Waals surface area contributed by atoms with Gasteiger partial charge in [-0.05, 0) is 18.2 Å². The van der Waals surface area contributed by atoms with Crippen molar-refractivity contribution >= 4 is 34.8 Å². The molecule has 1 N–H and O–H groups in total. The van der Waals surface area contributed by atoms with Crippen molar-refractivity contribution in [1.82, 2.24) is 19.6 Å². The van der Waals surface area contributed by atoms with E-state index in [1.165, 1.54) is 17.1 Å². The number of hydrogen-bond acceptors (Lipinski definition) is 4. The average molecular weight is 366 g/mol. The van der Waals surface area contributed by atoms with Crippen molar-refractivity contribution in [3.8, 4) is 5.75 Å². The molecule has 0 aliphatic carbocycles. The van der Waals surface area contributed by atoms with Gasteiger partial charge in [-0.1, -0.05) is 29.3 Å². The molecular weight excluding hydrogens is 353 g/mol.